The highest BCUT2D eigenvalue weighted by Crippen LogP contribution is 2.38. The molecule has 0 aliphatic carbocycles. The van der Waals surface area contributed by atoms with Crippen molar-refractivity contribution in [1.82, 2.24) is 9.88 Å². The second-order valence-corrected chi connectivity index (χ2v) is 9.60. The SMILES string of the molecule is CC(Oc1cc2sc(C(CN3CCCC3)OC(N)=O)nc2cc1F)c1c(Cl)ccc(F)c1Cl. The van der Waals surface area contributed by atoms with E-state index >= 15 is 0 Å². The van der Waals surface area contributed by atoms with Gasteiger partial charge in [0.25, 0.3) is 0 Å². The average molecular weight is 516 g/mol. The fraction of sp³-hybridized carbons (Fsp3) is 0.364. The van der Waals surface area contributed by atoms with Crippen LogP contribution in [0.4, 0.5) is 13.6 Å². The van der Waals surface area contributed by atoms with Crippen molar-refractivity contribution in [3.63, 3.8) is 0 Å². The zero-order valence-corrected chi connectivity index (χ0v) is 19.9. The lowest BCUT2D eigenvalue weighted by Crippen LogP contribution is -2.29. The Hall–Kier alpha value is -2.20. The number of rotatable bonds is 7. The Morgan fingerprint density at radius 3 is 2.67 bits per heavy atom. The zero-order valence-electron chi connectivity index (χ0n) is 17.6. The molecule has 2 aromatic carbocycles. The van der Waals surface area contributed by atoms with Crippen molar-refractivity contribution in [1.29, 1.82) is 0 Å². The van der Waals surface area contributed by atoms with Gasteiger partial charge in [-0.3, -0.25) is 4.90 Å². The molecule has 2 N–H and O–H groups in total. The van der Waals surface area contributed by atoms with E-state index in [1.807, 2.05) is 0 Å². The van der Waals surface area contributed by atoms with Crippen LogP contribution in [-0.2, 0) is 4.74 Å². The Labute approximate surface area is 203 Å². The number of nitrogens with zero attached hydrogens (tertiary/aromatic N) is 2. The Morgan fingerprint density at radius 2 is 1.97 bits per heavy atom. The van der Waals surface area contributed by atoms with Crippen LogP contribution in [0, 0.1) is 11.6 Å². The molecule has 1 fully saturated rings. The first kappa shape index (κ1) is 23.9. The molecule has 0 bridgehead atoms. The number of hydrogen-bond acceptors (Lipinski definition) is 6. The molecule has 0 radical (unpaired) electrons. The van der Waals surface area contributed by atoms with Gasteiger partial charge in [-0.2, -0.15) is 0 Å². The Balaban J connectivity index is 1.62. The first-order valence-corrected chi connectivity index (χ1v) is 11.9. The Bertz CT molecular complexity index is 1190. The van der Waals surface area contributed by atoms with Crippen LogP contribution in [0.5, 0.6) is 5.75 Å². The number of aromatic nitrogens is 1. The highest BCUT2D eigenvalue weighted by Gasteiger charge is 2.26. The maximum atomic E-state index is 14.8. The number of carbonyl (C=O) groups excluding carboxylic acids is 1. The first-order valence-electron chi connectivity index (χ1n) is 10.3. The van der Waals surface area contributed by atoms with E-state index in [2.05, 4.69) is 9.88 Å². The van der Waals surface area contributed by atoms with Gasteiger partial charge < -0.3 is 15.2 Å². The van der Waals surface area contributed by atoms with Crippen LogP contribution in [-0.4, -0.2) is 35.6 Å². The second kappa shape index (κ2) is 9.97. The summed E-state index contributed by atoms with van der Waals surface area (Å²) in [5.41, 5.74) is 5.88. The van der Waals surface area contributed by atoms with Crippen LogP contribution in [0.1, 0.15) is 42.5 Å². The lowest BCUT2D eigenvalue weighted by Gasteiger charge is -2.21. The number of likely N-dealkylation sites (tertiary alicyclic amines) is 1. The van der Waals surface area contributed by atoms with Crippen molar-refractivity contribution < 1.29 is 23.0 Å². The van der Waals surface area contributed by atoms with Crippen molar-refractivity contribution in [3.8, 4) is 5.75 Å². The quantitative estimate of drug-likeness (QED) is 0.376. The van der Waals surface area contributed by atoms with Gasteiger partial charge >= 0.3 is 6.09 Å². The molecule has 2 unspecified atom stereocenters. The van der Waals surface area contributed by atoms with Crippen LogP contribution in [0.15, 0.2) is 24.3 Å². The molecule has 1 aliphatic rings. The molecule has 2 heterocycles. The van der Waals surface area contributed by atoms with E-state index in [0.29, 0.717) is 21.8 Å². The standard InChI is InChI=1S/C22H21Cl2F2N3O3S/c1-11(19-12(23)4-5-13(25)20(19)24)31-16-9-18-15(8-14(16)26)28-21(33-18)17(32-22(27)30)10-29-6-2-3-7-29/h4-5,8-9,11,17H,2-3,6-7,10H2,1H3,(H2,27,30). The minimum Gasteiger partial charge on any atom is -0.483 e. The highest BCUT2D eigenvalue weighted by atomic mass is 35.5. The van der Waals surface area contributed by atoms with E-state index in [0.717, 1.165) is 32.0 Å². The number of benzene rings is 2. The summed E-state index contributed by atoms with van der Waals surface area (Å²) >= 11 is 13.5. The molecule has 1 saturated heterocycles. The Kier molecular flexibility index (Phi) is 7.23. The van der Waals surface area contributed by atoms with Crippen LogP contribution in [0.25, 0.3) is 10.2 Å². The summed E-state index contributed by atoms with van der Waals surface area (Å²) in [5.74, 6) is -1.36. The van der Waals surface area contributed by atoms with Crippen molar-refractivity contribution in [2.45, 2.75) is 32.0 Å². The number of thiazole rings is 1. The predicted octanol–water partition coefficient (Wildman–Crippen LogP) is 6.25. The monoisotopic (exact) mass is 515 g/mol. The van der Waals surface area contributed by atoms with Gasteiger partial charge in [0, 0.05) is 29.3 Å². The van der Waals surface area contributed by atoms with E-state index in [-0.39, 0.29) is 21.4 Å². The summed E-state index contributed by atoms with van der Waals surface area (Å²) in [6.45, 7) is 3.86. The van der Waals surface area contributed by atoms with Gasteiger partial charge in [-0.05, 0) is 45.0 Å². The van der Waals surface area contributed by atoms with Gasteiger partial charge in [-0.25, -0.2) is 18.6 Å². The molecule has 2 atom stereocenters. The van der Waals surface area contributed by atoms with Crippen LogP contribution in [0.2, 0.25) is 10.0 Å². The molecule has 0 saturated carbocycles. The van der Waals surface area contributed by atoms with Gasteiger partial charge in [0.15, 0.2) is 17.7 Å². The number of hydrogen-bond donors (Lipinski definition) is 1. The van der Waals surface area contributed by atoms with E-state index in [9.17, 15) is 13.6 Å². The van der Waals surface area contributed by atoms with E-state index in [4.69, 9.17) is 38.4 Å². The zero-order chi connectivity index (χ0) is 23.7. The molecule has 0 spiro atoms. The molecule has 1 aliphatic heterocycles. The Morgan fingerprint density at radius 1 is 1.24 bits per heavy atom. The van der Waals surface area contributed by atoms with Gasteiger partial charge in [-0.15, -0.1) is 11.3 Å². The lowest BCUT2D eigenvalue weighted by atomic mass is 10.1. The number of nitrogens with two attached hydrogens (primary N) is 1. The molecule has 1 aromatic heterocycles. The molecular formula is C22H21Cl2F2N3O3S. The fourth-order valence-corrected chi connectivity index (χ4v) is 5.52. The second-order valence-electron chi connectivity index (χ2n) is 7.75. The van der Waals surface area contributed by atoms with Gasteiger partial charge in [-0.1, -0.05) is 23.2 Å². The number of primary amides is 1. The maximum Gasteiger partial charge on any atom is 0.405 e. The van der Waals surface area contributed by atoms with Crippen LogP contribution < -0.4 is 10.5 Å². The molecule has 1 amide bonds. The largest absolute Gasteiger partial charge is 0.483 e. The van der Waals surface area contributed by atoms with E-state index in [1.54, 1.807) is 6.92 Å². The van der Waals surface area contributed by atoms with Crippen molar-refractivity contribution in [3.05, 3.63) is 56.5 Å². The molecule has 33 heavy (non-hydrogen) atoms. The summed E-state index contributed by atoms with van der Waals surface area (Å²) in [6.07, 6.45) is -0.221. The van der Waals surface area contributed by atoms with Crippen molar-refractivity contribution in [2.24, 2.45) is 5.73 Å². The van der Waals surface area contributed by atoms with Gasteiger partial charge in [0.1, 0.15) is 16.9 Å². The molecule has 176 valence electrons. The first-order chi connectivity index (χ1) is 15.7. The molecular weight excluding hydrogens is 495 g/mol. The summed E-state index contributed by atoms with van der Waals surface area (Å²) in [6, 6.07) is 5.26. The number of ether oxygens (including phenoxy) is 2. The van der Waals surface area contributed by atoms with Gasteiger partial charge in [0.05, 0.1) is 15.2 Å². The maximum absolute atomic E-state index is 14.8. The third kappa shape index (κ3) is 5.32. The normalized spacial score (nSPS) is 16.2. The van der Waals surface area contributed by atoms with Gasteiger partial charge in [0.2, 0.25) is 0 Å². The minimum absolute atomic E-state index is 0.0616. The number of carbonyl (C=O) groups is 1. The van der Waals surface area contributed by atoms with E-state index in [1.165, 1.54) is 29.5 Å². The third-order valence-corrected chi connectivity index (χ3v) is 7.23. The number of amides is 1. The average Bonchev–Trinajstić information content (AvgIpc) is 3.40. The fourth-order valence-electron chi connectivity index (χ4n) is 3.85. The number of fused-ring (bicyclic) bond motifs is 1. The topological polar surface area (TPSA) is 77.7 Å². The minimum atomic E-state index is -0.897. The molecule has 3 aromatic rings. The van der Waals surface area contributed by atoms with E-state index < -0.39 is 29.9 Å². The van der Waals surface area contributed by atoms with Crippen molar-refractivity contribution >= 4 is 50.8 Å². The van der Waals surface area contributed by atoms with Crippen molar-refractivity contribution in [2.75, 3.05) is 19.6 Å². The summed E-state index contributed by atoms with van der Waals surface area (Å²) < 4.78 is 40.4. The molecule has 4 rings (SSSR count). The molecule has 6 nitrogen and oxygen atoms in total. The van der Waals surface area contributed by atoms with Crippen LogP contribution >= 0.6 is 34.5 Å². The predicted molar refractivity (Wildman–Crippen MR) is 124 cm³/mol. The number of halogens is 4. The smallest absolute Gasteiger partial charge is 0.405 e. The highest BCUT2D eigenvalue weighted by molar-refractivity contribution is 7.18. The lowest BCUT2D eigenvalue weighted by molar-refractivity contribution is 0.0824. The summed E-state index contributed by atoms with van der Waals surface area (Å²) in [7, 11) is 0. The third-order valence-electron chi connectivity index (χ3n) is 5.40. The summed E-state index contributed by atoms with van der Waals surface area (Å²) in [5, 5.41) is 0.547. The van der Waals surface area contributed by atoms with Crippen LogP contribution in [0.3, 0.4) is 0 Å². The molecule has 11 heteroatoms. The summed E-state index contributed by atoms with van der Waals surface area (Å²) in [4.78, 5) is 18.1.